The lowest BCUT2D eigenvalue weighted by Crippen LogP contribution is -2.51. The smallest absolute Gasteiger partial charge is 0.252 e. The molecule has 2 amide bonds. The first-order valence-electron chi connectivity index (χ1n) is 3.30. The maximum atomic E-state index is 10.5. The maximum Gasteiger partial charge on any atom is 0.252 e. The van der Waals surface area contributed by atoms with Crippen LogP contribution in [0.1, 0.15) is 0 Å². The molecule has 0 aliphatic rings. The molecule has 0 fully saturated rings. The number of primary amides is 2. The minimum absolute atomic E-state index is 0.470. The fourth-order valence-electron chi connectivity index (χ4n) is 0.556. The highest BCUT2D eigenvalue weighted by Crippen LogP contribution is 2.10. The van der Waals surface area contributed by atoms with Crippen molar-refractivity contribution in [2.75, 3.05) is 6.61 Å². The number of aliphatic hydroxyl groups excluding tert-OH is 2. The molecule has 0 saturated heterocycles. The molecule has 0 aromatic carbocycles. The Labute approximate surface area is 73.9 Å². The van der Waals surface area contributed by atoms with Crippen LogP contribution in [0.4, 0.5) is 0 Å². The van der Waals surface area contributed by atoms with Gasteiger partial charge < -0.3 is 26.8 Å². The lowest BCUT2D eigenvalue weighted by Gasteiger charge is -2.22. The molecule has 7 N–H and O–H groups in total. The summed E-state index contributed by atoms with van der Waals surface area (Å²) < 4.78 is 0. The van der Waals surface area contributed by atoms with Crippen LogP contribution in [0.25, 0.3) is 0 Å². The quantitative estimate of drug-likeness (QED) is 0.303. The number of rotatable bonds is 5. The van der Waals surface area contributed by atoms with Crippen molar-refractivity contribution >= 4 is 11.8 Å². The van der Waals surface area contributed by atoms with Crippen LogP contribution in [0.3, 0.4) is 0 Å². The van der Waals surface area contributed by atoms with Gasteiger partial charge in [0.05, 0.1) is 6.61 Å². The Morgan fingerprint density at radius 3 is 2.15 bits per heavy atom. The van der Waals surface area contributed by atoms with Gasteiger partial charge >= 0.3 is 0 Å². The Bertz CT molecular complexity index is 219. The van der Waals surface area contributed by atoms with Crippen LogP contribution >= 0.6 is 0 Å². The second-order valence-corrected chi connectivity index (χ2v) is 2.46. The molecule has 0 bridgehead atoms. The number of carbonyl (C=O) groups is 2. The minimum Gasteiger partial charge on any atom is -0.393 e. The van der Waals surface area contributed by atoms with Crippen molar-refractivity contribution in [2.24, 2.45) is 11.5 Å². The van der Waals surface area contributed by atoms with Crippen molar-refractivity contribution in [3.8, 4) is 0 Å². The van der Waals surface area contributed by atoms with Gasteiger partial charge in [-0.1, -0.05) is 0 Å². The van der Waals surface area contributed by atoms with Crippen LogP contribution in [0.5, 0.6) is 0 Å². The molecule has 0 aliphatic carbocycles. The molecule has 7 nitrogen and oxygen atoms in total. The topological polar surface area (TPSA) is 147 Å². The molecular formula is C6H11N2O5. The van der Waals surface area contributed by atoms with Crippen LogP contribution in [0.2, 0.25) is 0 Å². The summed E-state index contributed by atoms with van der Waals surface area (Å²) in [6.07, 6.45) is -1.37. The van der Waals surface area contributed by atoms with Gasteiger partial charge in [0, 0.05) is 6.42 Å². The van der Waals surface area contributed by atoms with Crippen LogP contribution in [-0.4, -0.2) is 45.4 Å². The van der Waals surface area contributed by atoms with Crippen molar-refractivity contribution in [2.45, 2.75) is 11.7 Å². The fourth-order valence-corrected chi connectivity index (χ4v) is 0.556. The van der Waals surface area contributed by atoms with E-state index in [0.717, 1.165) is 0 Å². The molecule has 0 spiro atoms. The lowest BCUT2D eigenvalue weighted by atomic mass is 9.96. The van der Waals surface area contributed by atoms with Crippen molar-refractivity contribution in [1.29, 1.82) is 0 Å². The average Bonchev–Trinajstić information content (AvgIpc) is 2.03. The van der Waals surface area contributed by atoms with E-state index in [0.29, 0.717) is 6.42 Å². The molecule has 0 heterocycles. The van der Waals surface area contributed by atoms with E-state index in [4.69, 9.17) is 15.3 Å². The number of hydrogen-bond donors (Lipinski definition) is 5. The number of carbonyl (C=O) groups excluding carboxylic acids is 2. The zero-order valence-corrected chi connectivity index (χ0v) is 6.67. The van der Waals surface area contributed by atoms with Gasteiger partial charge in [-0.05, 0) is 0 Å². The van der Waals surface area contributed by atoms with Crippen molar-refractivity contribution in [3.05, 3.63) is 6.42 Å². The summed E-state index contributed by atoms with van der Waals surface area (Å²) in [6.45, 7) is -1.04. The Kier molecular flexibility index (Phi) is 3.79. The Hall–Kier alpha value is -1.18. The molecular weight excluding hydrogens is 180 g/mol. The number of nitrogens with two attached hydrogens (primary N) is 2. The molecule has 7 heteroatoms. The van der Waals surface area contributed by atoms with Gasteiger partial charge in [0.1, 0.15) is 6.10 Å². The van der Waals surface area contributed by atoms with E-state index >= 15 is 0 Å². The summed E-state index contributed by atoms with van der Waals surface area (Å²) >= 11 is 0. The molecule has 2 atom stereocenters. The van der Waals surface area contributed by atoms with Crippen LogP contribution in [0, 0.1) is 6.42 Å². The molecule has 0 saturated carbocycles. The van der Waals surface area contributed by atoms with Gasteiger partial charge in [0.15, 0.2) is 5.60 Å². The highest BCUT2D eigenvalue weighted by molar-refractivity contribution is 5.88. The number of hydrogen-bond acceptors (Lipinski definition) is 5. The maximum absolute atomic E-state index is 10.5. The number of aliphatic hydroxyl groups is 3. The summed E-state index contributed by atoms with van der Waals surface area (Å²) in [6, 6.07) is 0. The zero-order chi connectivity index (χ0) is 10.6. The monoisotopic (exact) mass is 191 g/mol. The summed E-state index contributed by atoms with van der Waals surface area (Å²) in [5.74, 6) is -2.44. The van der Waals surface area contributed by atoms with Gasteiger partial charge in [-0.25, -0.2) is 0 Å². The molecule has 0 aliphatic heterocycles. The van der Waals surface area contributed by atoms with E-state index in [1.807, 2.05) is 0 Å². The van der Waals surface area contributed by atoms with Crippen molar-refractivity contribution in [1.82, 2.24) is 0 Å². The molecule has 13 heavy (non-hydrogen) atoms. The summed E-state index contributed by atoms with van der Waals surface area (Å²) in [7, 11) is 0. The van der Waals surface area contributed by atoms with Crippen LogP contribution < -0.4 is 11.5 Å². The second-order valence-electron chi connectivity index (χ2n) is 2.46. The van der Waals surface area contributed by atoms with Crippen molar-refractivity contribution < 1.29 is 24.9 Å². The molecule has 0 aromatic heterocycles. The Morgan fingerprint density at radius 2 is 1.92 bits per heavy atom. The van der Waals surface area contributed by atoms with E-state index in [1.54, 1.807) is 0 Å². The zero-order valence-electron chi connectivity index (χ0n) is 6.67. The summed E-state index contributed by atoms with van der Waals surface area (Å²) in [5, 5.41) is 26.5. The largest absolute Gasteiger partial charge is 0.393 e. The highest BCUT2D eigenvalue weighted by Gasteiger charge is 2.37. The molecule has 75 valence electrons. The normalized spacial score (nSPS) is 17.5. The third-order valence-electron chi connectivity index (χ3n) is 1.39. The van der Waals surface area contributed by atoms with Gasteiger partial charge in [-0.3, -0.25) is 9.59 Å². The minimum atomic E-state index is -2.44. The third kappa shape index (κ3) is 2.98. The van der Waals surface area contributed by atoms with Gasteiger partial charge in [0.25, 0.3) is 5.91 Å². The van der Waals surface area contributed by atoms with E-state index < -0.39 is 30.1 Å². The van der Waals surface area contributed by atoms with Gasteiger partial charge in [0.2, 0.25) is 5.91 Å². The fraction of sp³-hybridized carbons (Fsp3) is 0.500. The highest BCUT2D eigenvalue weighted by atomic mass is 16.3. The SMILES string of the molecule is NC(=O)C(O)[CH]C(O)(CO)C(N)=O. The van der Waals surface area contributed by atoms with Gasteiger partial charge in [-0.2, -0.15) is 0 Å². The standard InChI is InChI=1S/C6H11N2O5/c7-4(11)3(10)1-6(13,2-9)5(8)12/h1,3,9-10,13H,2H2,(H2,7,11)(H2,8,12). The third-order valence-corrected chi connectivity index (χ3v) is 1.39. The number of amides is 2. The van der Waals surface area contributed by atoms with Crippen LogP contribution in [-0.2, 0) is 9.59 Å². The summed E-state index contributed by atoms with van der Waals surface area (Å²) in [5.41, 5.74) is 6.88. The molecule has 1 radical (unpaired) electrons. The summed E-state index contributed by atoms with van der Waals surface area (Å²) in [4.78, 5) is 20.8. The molecule has 0 rings (SSSR count). The Balaban J connectivity index is 4.45. The predicted molar refractivity (Wildman–Crippen MR) is 40.7 cm³/mol. The van der Waals surface area contributed by atoms with E-state index in [1.165, 1.54) is 0 Å². The van der Waals surface area contributed by atoms with E-state index in [-0.39, 0.29) is 0 Å². The van der Waals surface area contributed by atoms with Crippen LogP contribution in [0.15, 0.2) is 0 Å². The lowest BCUT2D eigenvalue weighted by molar-refractivity contribution is -0.139. The first-order valence-corrected chi connectivity index (χ1v) is 3.30. The van der Waals surface area contributed by atoms with Crippen molar-refractivity contribution in [3.63, 3.8) is 0 Å². The first-order chi connectivity index (χ1) is 5.83. The van der Waals surface area contributed by atoms with E-state index in [9.17, 15) is 9.59 Å². The first kappa shape index (κ1) is 11.8. The predicted octanol–water partition coefficient (Wildman–Crippen LogP) is -3.75. The van der Waals surface area contributed by atoms with Gasteiger partial charge in [-0.15, -0.1) is 0 Å². The molecule has 2 unspecified atom stereocenters. The van der Waals surface area contributed by atoms with E-state index in [2.05, 4.69) is 11.5 Å². The molecule has 0 aromatic rings. The second kappa shape index (κ2) is 4.17. The Morgan fingerprint density at radius 1 is 1.46 bits per heavy atom. The average molecular weight is 191 g/mol.